The minimum atomic E-state index is 0.791. The largest absolute Gasteiger partial charge is 0.497 e. The number of benzene rings is 1. The molecule has 0 heterocycles. The summed E-state index contributed by atoms with van der Waals surface area (Å²) in [6.45, 7) is 10.0. The third kappa shape index (κ3) is 3.75. The zero-order valence-corrected chi connectivity index (χ0v) is 12.4. The fourth-order valence-electron chi connectivity index (χ4n) is 2.12. The second kappa shape index (κ2) is 6.83. The van der Waals surface area contributed by atoms with Crippen molar-refractivity contribution in [2.24, 2.45) is 0 Å². The fraction of sp³-hybridized carbons (Fsp3) is 0.294. The number of allylic oxidation sites excluding steroid dienone is 5. The molecule has 0 saturated heterocycles. The number of hydrogen-bond donors (Lipinski definition) is 0. The molecule has 1 aromatic rings. The summed E-state index contributed by atoms with van der Waals surface area (Å²) in [5.74, 6) is 1.58. The summed E-state index contributed by atoms with van der Waals surface area (Å²) in [5.41, 5.74) is 4.69. The number of hydrogen-bond acceptors (Lipinski definition) is 2. The molecule has 0 bridgehead atoms. The van der Waals surface area contributed by atoms with E-state index in [1.54, 1.807) is 20.3 Å². The van der Waals surface area contributed by atoms with Gasteiger partial charge in [0.1, 0.15) is 11.5 Å². The third-order valence-corrected chi connectivity index (χ3v) is 2.90. The summed E-state index contributed by atoms with van der Waals surface area (Å²) in [6, 6.07) is 5.91. The Hall–Kier alpha value is -1.96. The molecular weight excluding hydrogens is 236 g/mol. The van der Waals surface area contributed by atoms with E-state index in [2.05, 4.69) is 27.4 Å². The predicted octanol–water partition coefficient (Wildman–Crippen LogP) is 4.63. The van der Waals surface area contributed by atoms with E-state index in [4.69, 9.17) is 9.47 Å². The Morgan fingerprint density at radius 1 is 1.00 bits per heavy atom. The van der Waals surface area contributed by atoms with Crippen LogP contribution in [0.15, 0.2) is 48.1 Å². The molecule has 19 heavy (non-hydrogen) atoms. The Bertz CT molecular complexity index is 496. The first kappa shape index (κ1) is 15.1. The second-order valence-corrected chi connectivity index (χ2v) is 4.56. The van der Waals surface area contributed by atoms with Crippen LogP contribution in [-0.4, -0.2) is 14.2 Å². The maximum atomic E-state index is 5.32. The second-order valence-electron chi connectivity index (χ2n) is 4.56. The monoisotopic (exact) mass is 258 g/mol. The van der Waals surface area contributed by atoms with Crippen molar-refractivity contribution < 1.29 is 9.47 Å². The molecule has 1 aromatic carbocycles. The Labute approximate surface area is 116 Å². The van der Waals surface area contributed by atoms with Crippen molar-refractivity contribution in [2.75, 3.05) is 14.2 Å². The van der Waals surface area contributed by atoms with Crippen molar-refractivity contribution in [3.8, 4) is 11.5 Å². The van der Waals surface area contributed by atoms with Gasteiger partial charge in [0.15, 0.2) is 0 Å². The van der Waals surface area contributed by atoms with E-state index in [1.807, 2.05) is 24.3 Å². The van der Waals surface area contributed by atoms with Crippen LogP contribution < -0.4 is 9.47 Å². The van der Waals surface area contributed by atoms with E-state index < -0.39 is 0 Å². The average molecular weight is 258 g/mol. The van der Waals surface area contributed by atoms with Gasteiger partial charge in [0.05, 0.1) is 14.2 Å². The lowest BCUT2D eigenvalue weighted by molar-refractivity contribution is 0.394. The Morgan fingerprint density at radius 2 is 1.53 bits per heavy atom. The van der Waals surface area contributed by atoms with Gasteiger partial charge in [0, 0.05) is 6.07 Å². The van der Waals surface area contributed by atoms with Crippen LogP contribution in [0.2, 0.25) is 0 Å². The van der Waals surface area contributed by atoms with E-state index >= 15 is 0 Å². The van der Waals surface area contributed by atoms with Gasteiger partial charge in [-0.3, -0.25) is 0 Å². The molecule has 0 unspecified atom stereocenters. The highest BCUT2D eigenvalue weighted by Gasteiger charge is 2.09. The highest BCUT2D eigenvalue weighted by molar-refractivity contribution is 5.82. The summed E-state index contributed by atoms with van der Waals surface area (Å²) in [6.07, 6.45) is 3.81. The van der Waals surface area contributed by atoms with Gasteiger partial charge in [0.2, 0.25) is 0 Å². The zero-order chi connectivity index (χ0) is 14.4. The molecule has 0 aromatic heterocycles. The van der Waals surface area contributed by atoms with E-state index in [-0.39, 0.29) is 0 Å². The number of ether oxygens (including phenoxy) is 2. The first-order chi connectivity index (χ1) is 9.03. The molecule has 2 heteroatoms. The SMILES string of the molecule is C=C/C=C(/C)C(=C(C)C)c1cc(OC)cc(OC)c1. The lowest BCUT2D eigenvalue weighted by atomic mass is 9.94. The van der Waals surface area contributed by atoms with E-state index in [1.165, 1.54) is 16.7 Å². The van der Waals surface area contributed by atoms with Crippen molar-refractivity contribution in [1.82, 2.24) is 0 Å². The van der Waals surface area contributed by atoms with Crippen LogP contribution in [0.1, 0.15) is 26.3 Å². The van der Waals surface area contributed by atoms with Crippen molar-refractivity contribution in [3.63, 3.8) is 0 Å². The van der Waals surface area contributed by atoms with Gasteiger partial charge in [-0.2, -0.15) is 0 Å². The van der Waals surface area contributed by atoms with Crippen LogP contribution in [0.3, 0.4) is 0 Å². The molecule has 0 saturated carbocycles. The summed E-state index contributed by atoms with van der Waals surface area (Å²) in [5, 5.41) is 0. The van der Waals surface area contributed by atoms with Gasteiger partial charge in [0.25, 0.3) is 0 Å². The van der Waals surface area contributed by atoms with Crippen LogP contribution >= 0.6 is 0 Å². The first-order valence-corrected chi connectivity index (χ1v) is 6.24. The average Bonchev–Trinajstić information content (AvgIpc) is 2.38. The van der Waals surface area contributed by atoms with Crippen molar-refractivity contribution >= 4 is 5.57 Å². The molecule has 1 rings (SSSR count). The standard InChI is InChI=1S/C17H22O2/c1-7-8-13(4)17(12(2)3)14-9-15(18-5)11-16(10-14)19-6/h7-11H,1H2,2-6H3/b13-8-. The molecule has 2 nitrogen and oxygen atoms in total. The van der Waals surface area contributed by atoms with Gasteiger partial charge in [-0.05, 0) is 49.6 Å². The zero-order valence-electron chi connectivity index (χ0n) is 12.4. The lowest BCUT2D eigenvalue weighted by Gasteiger charge is -2.14. The maximum Gasteiger partial charge on any atom is 0.123 e. The molecule has 0 fully saturated rings. The highest BCUT2D eigenvalue weighted by Crippen LogP contribution is 2.32. The fourth-order valence-corrected chi connectivity index (χ4v) is 2.12. The van der Waals surface area contributed by atoms with Gasteiger partial charge in [-0.1, -0.05) is 24.3 Å². The minimum Gasteiger partial charge on any atom is -0.497 e. The molecule has 0 amide bonds. The summed E-state index contributed by atoms with van der Waals surface area (Å²) in [7, 11) is 3.32. The Balaban J connectivity index is 3.44. The smallest absolute Gasteiger partial charge is 0.123 e. The molecule has 0 aliphatic rings. The van der Waals surface area contributed by atoms with E-state index in [9.17, 15) is 0 Å². The normalized spacial score (nSPS) is 10.9. The summed E-state index contributed by atoms with van der Waals surface area (Å²) < 4.78 is 10.6. The first-order valence-electron chi connectivity index (χ1n) is 6.24. The number of methoxy groups -OCH3 is 2. The highest BCUT2D eigenvalue weighted by atomic mass is 16.5. The predicted molar refractivity (Wildman–Crippen MR) is 81.8 cm³/mol. The van der Waals surface area contributed by atoms with E-state index in [0.29, 0.717) is 0 Å². The molecule has 0 radical (unpaired) electrons. The van der Waals surface area contributed by atoms with Crippen LogP contribution in [0.5, 0.6) is 11.5 Å². The molecule has 0 spiro atoms. The Morgan fingerprint density at radius 3 is 1.89 bits per heavy atom. The quantitative estimate of drug-likeness (QED) is 0.717. The van der Waals surface area contributed by atoms with Crippen LogP contribution in [-0.2, 0) is 0 Å². The van der Waals surface area contributed by atoms with Crippen molar-refractivity contribution in [2.45, 2.75) is 20.8 Å². The summed E-state index contributed by atoms with van der Waals surface area (Å²) in [4.78, 5) is 0. The third-order valence-electron chi connectivity index (χ3n) is 2.90. The van der Waals surface area contributed by atoms with Gasteiger partial charge in [-0.25, -0.2) is 0 Å². The lowest BCUT2D eigenvalue weighted by Crippen LogP contribution is -1.94. The van der Waals surface area contributed by atoms with Crippen LogP contribution in [0, 0.1) is 0 Å². The topological polar surface area (TPSA) is 18.5 Å². The molecule has 0 aliphatic heterocycles. The van der Waals surface area contributed by atoms with Gasteiger partial charge in [-0.15, -0.1) is 0 Å². The molecule has 0 atom stereocenters. The maximum absolute atomic E-state index is 5.32. The molecular formula is C17H22O2. The van der Waals surface area contributed by atoms with Crippen molar-refractivity contribution in [1.29, 1.82) is 0 Å². The van der Waals surface area contributed by atoms with Gasteiger partial charge >= 0.3 is 0 Å². The molecule has 102 valence electrons. The number of rotatable bonds is 5. The van der Waals surface area contributed by atoms with Crippen LogP contribution in [0.4, 0.5) is 0 Å². The van der Waals surface area contributed by atoms with Crippen molar-refractivity contribution in [3.05, 3.63) is 53.6 Å². The van der Waals surface area contributed by atoms with E-state index in [0.717, 1.165) is 17.1 Å². The Kier molecular flexibility index (Phi) is 5.43. The van der Waals surface area contributed by atoms with Gasteiger partial charge < -0.3 is 9.47 Å². The van der Waals surface area contributed by atoms with Crippen LogP contribution in [0.25, 0.3) is 5.57 Å². The molecule has 0 N–H and O–H groups in total. The molecule has 0 aliphatic carbocycles. The summed E-state index contributed by atoms with van der Waals surface area (Å²) >= 11 is 0. The minimum absolute atomic E-state index is 0.791.